The number of hydrogen-bond acceptors (Lipinski definition) is 4. The molecule has 0 spiro atoms. The van der Waals surface area contributed by atoms with Gasteiger partial charge in [0.05, 0.1) is 0 Å². The van der Waals surface area contributed by atoms with Crippen LogP contribution in [0.1, 0.15) is 32.3 Å². The molecule has 1 rings (SSSR count). The fourth-order valence-electron chi connectivity index (χ4n) is 1.90. The number of rotatable bonds is 9. The molecule has 0 saturated carbocycles. The minimum absolute atomic E-state index is 0.443. The molecule has 4 heteroatoms. The van der Waals surface area contributed by atoms with E-state index in [4.69, 9.17) is 10.5 Å². The molecule has 0 saturated heterocycles. The number of ether oxygens (including phenoxy) is 1. The molecule has 0 fully saturated rings. The monoisotopic (exact) mass is 251 g/mol. The van der Waals surface area contributed by atoms with Crippen LogP contribution in [-0.4, -0.2) is 30.8 Å². The largest absolute Gasteiger partial charge is 0.384 e. The predicted octanol–water partition coefficient (Wildman–Crippen LogP) is 2.00. The third-order valence-corrected chi connectivity index (χ3v) is 2.83. The highest BCUT2D eigenvalue weighted by atomic mass is 16.5. The molecule has 1 atom stereocenters. The molecule has 0 aromatic carbocycles. The van der Waals surface area contributed by atoms with Crippen LogP contribution in [0.25, 0.3) is 0 Å². The summed E-state index contributed by atoms with van der Waals surface area (Å²) >= 11 is 0. The number of anilines is 1. The molecule has 0 radical (unpaired) electrons. The fraction of sp³-hybridized carbons (Fsp3) is 0.643. The van der Waals surface area contributed by atoms with Crippen molar-refractivity contribution < 1.29 is 4.74 Å². The molecule has 0 aliphatic rings. The minimum Gasteiger partial charge on any atom is -0.384 e. The minimum atomic E-state index is 0.443. The van der Waals surface area contributed by atoms with Gasteiger partial charge in [0.2, 0.25) is 0 Å². The van der Waals surface area contributed by atoms with Gasteiger partial charge >= 0.3 is 0 Å². The summed E-state index contributed by atoms with van der Waals surface area (Å²) in [5.74, 6) is 0.589. The smallest absolute Gasteiger partial charge is 0.123 e. The maximum atomic E-state index is 5.70. The van der Waals surface area contributed by atoms with E-state index in [0.717, 1.165) is 39.0 Å². The second-order valence-corrected chi connectivity index (χ2v) is 4.43. The Balaban J connectivity index is 2.48. The van der Waals surface area contributed by atoms with Crippen LogP contribution >= 0.6 is 0 Å². The van der Waals surface area contributed by atoms with Gasteiger partial charge in [-0.15, -0.1) is 0 Å². The Kier molecular flexibility index (Phi) is 7.37. The van der Waals surface area contributed by atoms with Crippen molar-refractivity contribution in [2.45, 2.75) is 39.2 Å². The average Bonchev–Trinajstić information content (AvgIpc) is 2.36. The molecule has 1 aromatic heterocycles. The molecule has 1 heterocycles. The topological polar surface area (TPSA) is 60.2 Å². The van der Waals surface area contributed by atoms with Crippen LogP contribution in [0.3, 0.4) is 0 Å². The van der Waals surface area contributed by atoms with E-state index in [1.165, 1.54) is 5.56 Å². The number of nitrogens with two attached hydrogens (primary N) is 1. The van der Waals surface area contributed by atoms with E-state index in [-0.39, 0.29) is 0 Å². The quantitative estimate of drug-likeness (QED) is 0.659. The third kappa shape index (κ3) is 5.98. The average molecular weight is 251 g/mol. The van der Waals surface area contributed by atoms with Gasteiger partial charge in [-0.1, -0.05) is 6.92 Å². The fourth-order valence-corrected chi connectivity index (χ4v) is 1.90. The summed E-state index contributed by atoms with van der Waals surface area (Å²) in [6, 6.07) is 4.41. The normalized spacial score (nSPS) is 12.6. The van der Waals surface area contributed by atoms with Crippen molar-refractivity contribution in [1.29, 1.82) is 0 Å². The lowest BCUT2D eigenvalue weighted by atomic mass is 10.0. The van der Waals surface area contributed by atoms with Crippen molar-refractivity contribution in [1.82, 2.24) is 10.3 Å². The Labute approximate surface area is 110 Å². The van der Waals surface area contributed by atoms with Gasteiger partial charge in [-0.05, 0) is 50.4 Å². The van der Waals surface area contributed by atoms with Gasteiger partial charge < -0.3 is 15.8 Å². The van der Waals surface area contributed by atoms with Crippen molar-refractivity contribution in [2.24, 2.45) is 0 Å². The number of aromatic nitrogens is 1. The molecule has 0 aliphatic carbocycles. The molecule has 0 aliphatic heterocycles. The number of pyridine rings is 1. The highest BCUT2D eigenvalue weighted by Gasteiger charge is 2.09. The van der Waals surface area contributed by atoms with E-state index in [9.17, 15) is 0 Å². The van der Waals surface area contributed by atoms with Gasteiger partial charge in [0.15, 0.2) is 0 Å². The summed E-state index contributed by atoms with van der Waals surface area (Å²) in [4.78, 5) is 4.02. The zero-order chi connectivity index (χ0) is 13.2. The SMILES string of the molecule is CCCNC(CCOCC)Cc1ccnc(N)c1. The van der Waals surface area contributed by atoms with Crippen molar-refractivity contribution in [2.75, 3.05) is 25.5 Å². The molecular weight excluding hydrogens is 226 g/mol. The second kappa shape index (κ2) is 8.89. The van der Waals surface area contributed by atoms with Crippen LogP contribution < -0.4 is 11.1 Å². The van der Waals surface area contributed by atoms with Crippen LogP contribution in [0.4, 0.5) is 5.82 Å². The first-order chi connectivity index (χ1) is 8.76. The molecule has 102 valence electrons. The van der Waals surface area contributed by atoms with Crippen molar-refractivity contribution in [3.63, 3.8) is 0 Å². The summed E-state index contributed by atoms with van der Waals surface area (Å²) in [5.41, 5.74) is 6.93. The predicted molar refractivity (Wildman–Crippen MR) is 75.5 cm³/mol. The van der Waals surface area contributed by atoms with Gasteiger partial charge in [-0.2, -0.15) is 0 Å². The number of nitrogens with one attached hydrogen (secondary N) is 1. The molecule has 18 heavy (non-hydrogen) atoms. The Morgan fingerprint density at radius 3 is 2.94 bits per heavy atom. The van der Waals surface area contributed by atoms with E-state index in [2.05, 4.69) is 17.2 Å². The lowest BCUT2D eigenvalue weighted by Gasteiger charge is -2.18. The Morgan fingerprint density at radius 2 is 2.28 bits per heavy atom. The van der Waals surface area contributed by atoms with Gasteiger partial charge in [-0.25, -0.2) is 4.98 Å². The maximum Gasteiger partial charge on any atom is 0.123 e. The van der Waals surface area contributed by atoms with Crippen LogP contribution in [-0.2, 0) is 11.2 Å². The van der Waals surface area contributed by atoms with Crippen LogP contribution in [0.15, 0.2) is 18.3 Å². The number of hydrogen-bond donors (Lipinski definition) is 2. The summed E-state index contributed by atoms with van der Waals surface area (Å²) in [7, 11) is 0. The Hall–Kier alpha value is -1.13. The van der Waals surface area contributed by atoms with Gasteiger partial charge in [0, 0.05) is 25.5 Å². The highest BCUT2D eigenvalue weighted by molar-refractivity contribution is 5.32. The Morgan fingerprint density at radius 1 is 1.44 bits per heavy atom. The molecule has 0 bridgehead atoms. The highest BCUT2D eigenvalue weighted by Crippen LogP contribution is 2.08. The van der Waals surface area contributed by atoms with Gasteiger partial charge in [0.1, 0.15) is 5.82 Å². The van der Waals surface area contributed by atoms with E-state index in [0.29, 0.717) is 11.9 Å². The van der Waals surface area contributed by atoms with E-state index in [1.54, 1.807) is 6.20 Å². The summed E-state index contributed by atoms with van der Waals surface area (Å²) in [6.45, 7) is 6.83. The first-order valence-corrected chi connectivity index (χ1v) is 6.77. The van der Waals surface area contributed by atoms with Crippen molar-refractivity contribution in [3.05, 3.63) is 23.9 Å². The molecular formula is C14H25N3O. The lowest BCUT2D eigenvalue weighted by molar-refractivity contribution is 0.136. The van der Waals surface area contributed by atoms with Crippen molar-refractivity contribution in [3.8, 4) is 0 Å². The summed E-state index contributed by atoms with van der Waals surface area (Å²) < 4.78 is 5.43. The van der Waals surface area contributed by atoms with Crippen LogP contribution in [0.2, 0.25) is 0 Å². The second-order valence-electron chi connectivity index (χ2n) is 4.43. The molecule has 3 N–H and O–H groups in total. The van der Waals surface area contributed by atoms with E-state index >= 15 is 0 Å². The molecule has 1 aromatic rings. The standard InChI is InChI=1S/C14H25N3O/c1-3-7-16-13(6-9-18-4-2)10-12-5-8-17-14(15)11-12/h5,8,11,13,16H,3-4,6-7,9-10H2,1-2H3,(H2,15,17). The zero-order valence-electron chi connectivity index (χ0n) is 11.5. The lowest BCUT2D eigenvalue weighted by Crippen LogP contribution is -2.33. The van der Waals surface area contributed by atoms with E-state index in [1.807, 2.05) is 19.1 Å². The van der Waals surface area contributed by atoms with Crippen LogP contribution in [0, 0.1) is 0 Å². The third-order valence-electron chi connectivity index (χ3n) is 2.83. The van der Waals surface area contributed by atoms with Gasteiger partial charge in [0.25, 0.3) is 0 Å². The Bertz CT molecular complexity index is 331. The molecule has 1 unspecified atom stereocenters. The molecule has 0 amide bonds. The number of nitrogens with zero attached hydrogens (tertiary/aromatic N) is 1. The summed E-state index contributed by atoms with van der Waals surface area (Å²) in [5, 5.41) is 3.56. The van der Waals surface area contributed by atoms with E-state index < -0.39 is 0 Å². The van der Waals surface area contributed by atoms with Gasteiger partial charge in [-0.3, -0.25) is 0 Å². The van der Waals surface area contributed by atoms with Crippen molar-refractivity contribution >= 4 is 5.82 Å². The summed E-state index contributed by atoms with van der Waals surface area (Å²) in [6.07, 6.45) is 4.91. The zero-order valence-corrected chi connectivity index (χ0v) is 11.5. The first kappa shape index (κ1) is 14.9. The number of nitrogen functional groups attached to an aromatic ring is 1. The molecule has 4 nitrogen and oxygen atoms in total. The first-order valence-electron chi connectivity index (χ1n) is 6.77. The van der Waals surface area contributed by atoms with Crippen LogP contribution in [0.5, 0.6) is 0 Å². The maximum absolute atomic E-state index is 5.70.